The number of amides is 1. The number of H-pyrrole nitrogens is 1. The third-order valence-corrected chi connectivity index (χ3v) is 5.07. The molecule has 1 aliphatic heterocycles. The third-order valence-electron chi connectivity index (χ3n) is 4.20. The maximum atomic E-state index is 12.8. The van der Waals surface area contributed by atoms with Gasteiger partial charge in [-0.3, -0.25) is 4.79 Å². The molecule has 1 aliphatic rings. The van der Waals surface area contributed by atoms with E-state index in [4.69, 9.17) is 0 Å². The molecule has 0 bridgehead atoms. The Balaban J connectivity index is 1.49. The molecule has 0 unspecified atom stereocenters. The number of anilines is 1. The summed E-state index contributed by atoms with van der Waals surface area (Å²) in [6.07, 6.45) is 2.74. The van der Waals surface area contributed by atoms with Crippen LogP contribution in [0.3, 0.4) is 0 Å². The van der Waals surface area contributed by atoms with E-state index in [0.29, 0.717) is 12.2 Å². The average molecular weight is 342 g/mol. The molecule has 1 N–H and O–H groups in total. The van der Waals surface area contributed by atoms with Crippen LogP contribution in [-0.4, -0.2) is 56.3 Å². The summed E-state index contributed by atoms with van der Waals surface area (Å²) in [6, 6.07) is 5.68. The van der Waals surface area contributed by atoms with Crippen LogP contribution >= 0.6 is 11.5 Å². The minimum atomic E-state index is -0.0122. The van der Waals surface area contributed by atoms with E-state index in [1.807, 2.05) is 30.2 Å². The summed E-state index contributed by atoms with van der Waals surface area (Å²) in [4.78, 5) is 28.8. The molecule has 0 radical (unpaired) electrons. The molecule has 0 aromatic carbocycles. The van der Waals surface area contributed by atoms with E-state index in [-0.39, 0.29) is 5.91 Å². The normalized spacial score (nSPS) is 15.7. The lowest BCUT2D eigenvalue weighted by Gasteiger charge is -2.21. The van der Waals surface area contributed by atoms with Gasteiger partial charge in [0.2, 0.25) is 5.13 Å². The van der Waals surface area contributed by atoms with Crippen molar-refractivity contribution in [3.8, 4) is 0 Å². The fourth-order valence-electron chi connectivity index (χ4n) is 2.94. The molecule has 124 valence electrons. The Morgan fingerprint density at radius 2 is 2.08 bits per heavy atom. The third kappa shape index (κ3) is 2.84. The van der Waals surface area contributed by atoms with Crippen molar-refractivity contribution < 1.29 is 4.79 Å². The molecule has 1 saturated heterocycles. The molecular formula is C16H18N6OS. The molecule has 0 atom stereocenters. The number of aromatic amines is 1. The van der Waals surface area contributed by atoms with Crippen molar-refractivity contribution in [3.05, 3.63) is 35.9 Å². The summed E-state index contributed by atoms with van der Waals surface area (Å²) in [5.41, 5.74) is 1.24. The smallest absolute Gasteiger partial charge is 0.272 e. The molecule has 0 saturated carbocycles. The second-order valence-electron chi connectivity index (χ2n) is 5.87. The fourth-order valence-corrected chi connectivity index (χ4v) is 3.66. The number of carbonyl (C=O) groups is 1. The van der Waals surface area contributed by atoms with Crippen molar-refractivity contribution in [1.82, 2.24) is 24.2 Å². The van der Waals surface area contributed by atoms with E-state index in [9.17, 15) is 4.79 Å². The summed E-state index contributed by atoms with van der Waals surface area (Å²) in [5, 5.41) is 1.95. The minimum Gasteiger partial charge on any atom is -0.346 e. The maximum absolute atomic E-state index is 12.8. The van der Waals surface area contributed by atoms with E-state index in [1.54, 1.807) is 6.07 Å². The van der Waals surface area contributed by atoms with Gasteiger partial charge < -0.3 is 14.8 Å². The van der Waals surface area contributed by atoms with Crippen LogP contribution in [0, 0.1) is 6.92 Å². The van der Waals surface area contributed by atoms with Gasteiger partial charge in [-0.2, -0.15) is 4.37 Å². The zero-order valence-corrected chi connectivity index (χ0v) is 14.2. The van der Waals surface area contributed by atoms with E-state index in [0.717, 1.165) is 48.0 Å². The van der Waals surface area contributed by atoms with Crippen molar-refractivity contribution in [1.29, 1.82) is 0 Å². The molecule has 1 amide bonds. The zero-order chi connectivity index (χ0) is 16.5. The monoisotopic (exact) mass is 342 g/mol. The van der Waals surface area contributed by atoms with Gasteiger partial charge in [0.05, 0.1) is 0 Å². The van der Waals surface area contributed by atoms with Crippen LogP contribution in [0.1, 0.15) is 22.7 Å². The molecule has 8 heteroatoms. The van der Waals surface area contributed by atoms with Crippen molar-refractivity contribution in [2.75, 3.05) is 31.1 Å². The van der Waals surface area contributed by atoms with Crippen LogP contribution in [0.2, 0.25) is 0 Å². The Bertz CT molecular complexity index is 872. The summed E-state index contributed by atoms with van der Waals surface area (Å²) in [7, 11) is 0. The second kappa shape index (κ2) is 6.20. The van der Waals surface area contributed by atoms with Gasteiger partial charge in [0, 0.05) is 49.3 Å². The number of pyridine rings is 1. The van der Waals surface area contributed by atoms with Gasteiger partial charge >= 0.3 is 0 Å². The van der Waals surface area contributed by atoms with E-state index in [1.165, 1.54) is 11.5 Å². The van der Waals surface area contributed by atoms with E-state index >= 15 is 0 Å². The Morgan fingerprint density at radius 1 is 1.17 bits per heavy atom. The predicted octanol–water partition coefficient (Wildman–Crippen LogP) is 2.08. The number of nitrogens with one attached hydrogen (secondary N) is 1. The van der Waals surface area contributed by atoms with Crippen molar-refractivity contribution in [2.24, 2.45) is 0 Å². The van der Waals surface area contributed by atoms with Gasteiger partial charge in [-0.25, -0.2) is 9.97 Å². The Kier molecular flexibility index (Phi) is 3.89. The number of hydrogen-bond donors (Lipinski definition) is 1. The first-order valence-electron chi connectivity index (χ1n) is 7.99. The highest BCUT2D eigenvalue weighted by Gasteiger charge is 2.22. The van der Waals surface area contributed by atoms with Crippen LogP contribution in [-0.2, 0) is 0 Å². The molecule has 0 aliphatic carbocycles. The average Bonchev–Trinajstić information content (AvgIpc) is 3.16. The molecule has 24 heavy (non-hydrogen) atoms. The number of carbonyl (C=O) groups excluding carboxylic acids is 1. The van der Waals surface area contributed by atoms with Crippen LogP contribution in [0.4, 0.5) is 5.13 Å². The largest absolute Gasteiger partial charge is 0.346 e. The standard InChI is InChI=1S/C16H18N6OS/c1-11-18-16(24-20-11)22-8-2-7-21(9-10-22)15(23)13-4-3-12-5-6-17-14(12)19-13/h3-6H,2,7-10H2,1H3,(H,17,19). The summed E-state index contributed by atoms with van der Waals surface area (Å²) in [5.74, 6) is 0.789. The number of rotatable bonds is 2. The summed E-state index contributed by atoms with van der Waals surface area (Å²) in [6.45, 7) is 4.96. The highest BCUT2D eigenvalue weighted by atomic mass is 32.1. The lowest BCUT2D eigenvalue weighted by molar-refractivity contribution is 0.0761. The molecule has 3 aromatic rings. The molecule has 4 heterocycles. The van der Waals surface area contributed by atoms with Gasteiger partial charge in [0.15, 0.2) is 0 Å². The van der Waals surface area contributed by atoms with Crippen LogP contribution in [0.5, 0.6) is 0 Å². The SMILES string of the molecule is Cc1nsc(N2CCCN(C(=O)c3ccc4cc[nH]c4n3)CC2)n1. The number of fused-ring (bicyclic) bond motifs is 1. The Hall–Kier alpha value is -2.48. The lowest BCUT2D eigenvalue weighted by atomic mass is 10.2. The topological polar surface area (TPSA) is 78.0 Å². The minimum absolute atomic E-state index is 0.0122. The second-order valence-corrected chi connectivity index (χ2v) is 6.60. The number of hydrogen-bond acceptors (Lipinski definition) is 6. The van der Waals surface area contributed by atoms with E-state index in [2.05, 4.69) is 24.2 Å². The van der Waals surface area contributed by atoms with Gasteiger partial charge in [-0.1, -0.05) is 0 Å². The van der Waals surface area contributed by atoms with Crippen molar-refractivity contribution in [2.45, 2.75) is 13.3 Å². The quantitative estimate of drug-likeness (QED) is 0.771. The summed E-state index contributed by atoms with van der Waals surface area (Å²) < 4.78 is 4.24. The number of nitrogens with zero attached hydrogens (tertiary/aromatic N) is 5. The zero-order valence-electron chi connectivity index (χ0n) is 13.4. The number of aryl methyl sites for hydroxylation is 1. The van der Waals surface area contributed by atoms with Gasteiger partial charge in [-0.05, 0) is 31.5 Å². The molecule has 0 spiro atoms. The van der Waals surface area contributed by atoms with Crippen molar-refractivity contribution >= 4 is 33.6 Å². The first-order chi connectivity index (χ1) is 11.7. The van der Waals surface area contributed by atoms with Gasteiger partial charge in [-0.15, -0.1) is 0 Å². The van der Waals surface area contributed by atoms with Crippen molar-refractivity contribution in [3.63, 3.8) is 0 Å². The Labute approximate surface area is 143 Å². The first-order valence-corrected chi connectivity index (χ1v) is 8.77. The first kappa shape index (κ1) is 15.1. The van der Waals surface area contributed by atoms with Gasteiger partial charge in [0.25, 0.3) is 5.91 Å². The number of aromatic nitrogens is 4. The molecule has 4 rings (SSSR count). The van der Waals surface area contributed by atoms with Gasteiger partial charge in [0.1, 0.15) is 17.2 Å². The van der Waals surface area contributed by atoms with Crippen LogP contribution in [0.25, 0.3) is 11.0 Å². The maximum Gasteiger partial charge on any atom is 0.272 e. The summed E-state index contributed by atoms with van der Waals surface area (Å²) >= 11 is 1.42. The molecule has 7 nitrogen and oxygen atoms in total. The highest BCUT2D eigenvalue weighted by Crippen LogP contribution is 2.19. The Morgan fingerprint density at radius 3 is 2.92 bits per heavy atom. The predicted molar refractivity (Wildman–Crippen MR) is 93.5 cm³/mol. The highest BCUT2D eigenvalue weighted by molar-refractivity contribution is 7.09. The fraction of sp³-hybridized carbons (Fsp3) is 0.375. The molecule has 3 aromatic heterocycles. The van der Waals surface area contributed by atoms with Crippen LogP contribution < -0.4 is 4.90 Å². The lowest BCUT2D eigenvalue weighted by Crippen LogP contribution is -2.35. The van der Waals surface area contributed by atoms with Crippen LogP contribution in [0.15, 0.2) is 24.4 Å². The molecular weight excluding hydrogens is 324 g/mol. The van der Waals surface area contributed by atoms with E-state index < -0.39 is 0 Å². The molecule has 1 fully saturated rings.